The van der Waals surface area contributed by atoms with Gasteiger partial charge in [-0.15, -0.1) is 0 Å². The molecule has 0 N–H and O–H groups in total. The van der Waals surface area contributed by atoms with E-state index in [0.717, 1.165) is 43.5 Å². The molecule has 0 atom stereocenters. The Labute approximate surface area is 321 Å². The van der Waals surface area contributed by atoms with Crippen LogP contribution >= 0.6 is 191 Å². The third-order valence-electron chi connectivity index (χ3n) is 5.19. The minimum atomic E-state index is -1.71. The second-order valence-corrected chi connectivity index (χ2v) is 17.3. The highest BCUT2D eigenvalue weighted by Gasteiger charge is 2.39. The molecule has 0 aliphatic carbocycles. The van der Waals surface area contributed by atoms with Crippen molar-refractivity contribution in [3.8, 4) is 17.2 Å². The maximum Gasteiger partial charge on any atom is 0.414 e. The molecule has 0 saturated carbocycles. The lowest BCUT2D eigenvalue weighted by Crippen LogP contribution is -2.46. The highest BCUT2D eigenvalue weighted by molar-refractivity contribution is 9.15. The number of benzene rings is 3. The van der Waals surface area contributed by atoms with Gasteiger partial charge in [0.2, 0.25) is 0 Å². The summed E-state index contributed by atoms with van der Waals surface area (Å²) < 4.78 is 28.7. The molecule has 0 fully saturated rings. The summed E-state index contributed by atoms with van der Waals surface area (Å²) in [5, 5.41) is 0. The fourth-order valence-electron chi connectivity index (χ4n) is 3.05. The van der Waals surface area contributed by atoms with Crippen molar-refractivity contribution in [3.63, 3.8) is 0 Å². The van der Waals surface area contributed by atoms with Gasteiger partial charge in [0.05, 0.1) is 33.8 Å². The summed E-state index contributed by atoms with van der Waals surface area (Å²) in [4.78, 5) is 0. The molecule has 0 aliphatic heterocycles. The van der Waals surface area contributed by atoms with Crippen molar-refractivity contribution < 1.29 is 14.2 Å². The van der Waals surface area contributed by atoms with E-state index in [4.69, 9.17) is 14.2 Å². The predicted molar refractivity (Wildman–Crippen MR) is 196 cm³/mol. The highest BCUT2D eigenvalue weighted by Crippen LogP contribution is 2.52. The van der Waals surface area contributed by atoms with E-state index in [1.807, 2.05) is 20.8 Å². The summed E-state index contributed by atoms with van der Waals surface area (Å²) >= 11 is 43.8. The second kappa shape index (κ2) is 13.9. The van der Waals surface area contributed by atoms with Crippen molar-refractivity contribution in [2.75, 3.05) is 0 Å². The maximum absolute atomic E-state index is 6.59. The summed E-state index contributed by atoms with van der Waals surface area (Å²) in [7, 11) is 0. The number of halogens is 12. The van der Waals surface area contributed by atoms with Crippen molar-refractivity contribution in [2.45, 2.75) is 33.7 Å². The molecule has 38 heavy (non-hydrogen) atoms. The van der Waals surface area contributed by atoms with E-state index in [1.165, 1.54) is 0 Å². The normalized spacial score (nSPS) is 11.7. The minimum absolute atomic E-state index is 0.451. The van der Waals surface area contributed by atoms with Gasteiger partial charge in [-0.25, -0.2) is 0 Å². The molecule has 3 rings (SSSR count). The molecule has 0 aromatic heterocycles. The van der Waals surface area contributed by atoms with Crippen LogP contribution in [-0.2, 0) is 0 Å². The summed E-state index contributed by atoms with van der Waals surface area (Å²) in [5.74, 6) is -0.358. The molecule has 3 nitrogen and oxygen atoms in total. The first-order valence-electron chi connectivity index (χ1n) is 9.99. The smallest absolute Gasteiger partial charge is 0.414 e. The maximum atomic E-state index is 6.59. The summed E-state index contributed by atoms with van der Waals surface area (Å²) in [6.45, 7) is 7.62. The Morgan fingerprint density at radius 2 is 0.500 bits per heavy atom. The minimum Gasteiger partial charge on any atom is -0.418 e. The molecule has 0 aliphatic rings. The van der Waals surface area contributed by atoms with Gasteiger partial charge in [0.1, 0.15) is 0 Å². The quantitative estimate of drug-likeness (QED) is 0.182. The Morgan fingerprint density at radius 1 is 0.342 bits per heavy atom. The van der Waals surface area contributed by atoms with Crippen LogP contribution in [0.2, 0.25) is 0 Å². The topological polar surface area (TPSA) is 27.7 Å². The summed E-state index contributed by atoms with van der Waals surface area (Å²) in [6.07, 6.45) is 0. The average Bonchev–Trinajstić information content (AvgIpc) is 2.89. The monoisotopic (exact) mass is 1280 g/mol. The highest BCUT2D eigenvalue weighted by atomic mass is 79.9. The SMILES string of the molecule is Cc1c(Br)c(Br)c(OC(C)(Oc2c(Br)c(Br)c(C)c(Br)c2Br)Oc2c(Br)c(Br)c(C)c(Br)c2Br)c(Br)c1Br. The van der Waals surface area contributed by atoms with Gasteiger partial charge in [-0.1, -0.05) is 0 Å². The van der Waals surface area contributed by atoms with Crippen LogP contribution in [0.3, 0.4) is 0 Å². The summed E-state index contributed by atoms with van der Waals surface area (Å²) in [5.41, 5.74) is 2.94. The number of ether oxygens (including phenoxy) is 3. The molecule has 15 heteroatoms. The van der Waals surface area contributed by atoms with E-state index < -0.39 is 5.97 Å². The summed E-state index contributed by atoms with van der Waals surface area (Å²) in [6, 6.07) is 0. The van der Waals surface area contributed by atoms with Gasteiger partial charge >= 0.3 is 5.97 Å². The van der Waals surface area contributed by atoms with Crippen LogP contribution in [0.5, 0.6) is 17.2 Å². The molecule has 0 bridgehead atoms. The van der Waals surface area contributed by atoms with E-state index in [1.54, 1.807) is 6.92 Å². The van der Waals surface area contributed by atoms with Crippen molar-refractivity contribution in [2.24, 2.45) is 0 Å². The Bertz CT molecular complexity index is 1210. The number of hydrogen-bond donors (Lipinski definition) is 0. The molecule has 0 radical (unpaired) electrons. The van der Waals surface area contributed by atoms with Crippen LogP contribution < -0.4 is 14.2 Å². The van der Waals surface area contributed by atoms with E-state index in [2.05, 4.69) is 191 Å². The van der Waals surface area contributed by atoms with Gasteiger partial charge in [0.15, 0.2) is 17.2 Å². The molecule has 206 valence electrons. The van der Waals surface area contributed by atoms with Crippen LogP contribution in [0.1, 0.15) is 23.6 Å². The van der Waals surface area contributed by atoms with E-state index in [9.17, 15) is 0 Å². The Hall–Kier alpha value is 2.82. The molecular formula is C23H12Br12O3. The predicted octanol–water partition coefficient (Wildman–Crippen LogP) is 15.0. The average molecular weight is 1300 g/mol. The van der Waals surface area contributed by atoms with Crippen molar-refractivity contribution >= 4 is 191 Å². The molecule has 0 saturated heterocycles. The standard InChI is InChI=1S/C23H12Br12O3/c1-5-8(24)14(30)20(15(31)9(5)25)36-23(4,37-21-16(32)10(26)6(2)11(27)17(21)33)38-22-18(34)12(28)7(3)13(29)19(22)35/h1-4H3. The lowest BCUT2D eigenvalue weighted by atomic mass is 10.2. The van der Waals surface area contributed by atoms with Crippen molar-refractivity contribution in [3.05, 3.63) is 70.4 Å². The largest absolute Gasteiger partial charge is 0.418 e. The van der Waals surface area contributed by atoms with Gasteiger partial charge in [-0.3, -0.25) is 0 Å². The van der Waals surface area contributed by atoms with Crippen molar-refractivity contribution in [1.82, 2.24) is 0 Å². The Balaban J connectivity index is 2.30. The fourth-order valence-corrected chi connectivity index (χ4v) is 10.4. The van der Waals surface area contributed by atoms with Gasteiger partial charge in [0, 0.05) is 26.8 Å². The van der Waals surface area contributed by atoms with Crippen LogP contribution in [0.15, 0.2) is 53.7 Å². The lowest BCUT2D eigenvalue weighted by molar-refractivity contribution is -0.240. The zero-order valence-corrected chi connectivity index (χ0v) is 38.3. The van der Waals surface area contributed by atoms with Crippen molar-refractivity contribution in [1.29, 1.82) is 0 Å². The third-order valence-corrected chi connectivity index (χ3v) is 18.9. The van der Waals surface area contributed by atoms with Crippen LogP contribution in [0, 0.1) is 20.8 Å². The molecule has 0 unspecified atom stereocenters. The van der Waals surface area contributed by atoms with E-state index >= 15 is 0 Å². The number of rotatable bonds is 6. The number of hydrogen-bond acceptors (Lipinski definition) is 3. The second-order valence-electron chi connectivity index (χ2n) is 7.80. The molecular weight excluding hydrogens is 1280 g/mol. The molecule has 0 heterocycles. The Morgan fingerprint density at radius 3 is 0.658 bits per heavy atom. The first kappa shape index (κ1) is 35.3. The molecule has 0 amide bonds. The molecule has 3 aromatic rings. The zero-order chi connectivity index (χ0) is 29.0. The Kier molecular flexibility index (Phi) is 12.9. The first-order chi connectivity index (χ1) is 17.4. The van der Waals surface area contributed by atoms with Crippen LogP contribution in [-0.4, -0.2) is 5.97 Å². The van der Waals surface area contributed by atoms with Gasteiger partial charge in [0.25, 0.3) is 0 Å². The molecule has 3 aromatic carbocycles. The van der Waals surface area contributed by atoms with E-state index in [0.29, 0.717) is 44.1 Å². The van der Waals surface area contributed by atoms with Gasteiger partial charge in [-0.2, -0.15) is 0 Å². The third kappa shape index (κ3) is 6.88. The fraction of sp³-hybridized carbons (Fsp3) is 0.217. The van der Waals surface area contributed by atoms with Crippen LogP contribution in [0.25, 0.3) is 0 Å². The van der Waals surface area contributed by atoms with E-state index in [-0.39, 0.29) is 0 Å². The van der Waals surface area contributed by atoms with Gasteiger partial charge < -0.3 is 14.2 Å². The first-order valence-corrected chi connectivity index (χ1v) is 19.5. The zero-order valence-electron chi connectivity index (χ0n) is 19.3. The van der Waals surface area contributed by atoms with Gasteiger partial charge in [-0.05, 0) is 229 Å². The lowest BCUT2D eigenvalue weighted by Gasteiger charge is -2.34. The van der Waals surface area contributed by atoms with Crippen LogP contribution in [0.4, 0.5) is 0 Å². The molecule has 0 spiro atoms.